The van der Waals surface area contributed by atoms with E-state index in [4.69, 9.17) is 9.47 Å². The molecule has 25 heavy (non-hydrogen) atoms. The Labute approximate surface area is 145 Å². The minimum absolute atomic E-state index is 0.0244. The molecule has 0 saturated carbocycles. The Bertz CT molecular complexity index is 883. The molecule has 0 radical (unpaired) electrons. The van der Waals surface area contributed by atoms with Crippen LogP contribution in [0.3, 0.4) is 0 Å². The van der Waals surface area contributed by atoms with Crippen molar-refractivity contribution in [1.29, 1.82) is 0 Å². The van der Waals surface area contributed by atoms with Crippen LogP contribution in [0.5, 0.6) is 0 Å². The standard InChI is InChI=1S/C19H19NO5/c1-24-18(22)15-13(11-12-7-4-3-5-8-12)17(21)20-10-6-9-14(20)16(15)19(23)25-2/h3-5,7-8H,6,9-11H2,1-2H3. The highest BCUT2D eigenvalue weighted by molar-refractivity contribution is 6.05. The lowest BCUT2D eigenvalue weighted by Gasteiger charge is -2.17. The molecular weight excluding hydrogens is 322 g/mol. The third-order valence-electron chi connectivity index (χ3n) is 4.47. The van der Waals surface area contributed by atoms with Gasteiger partial charge in [-0.05, 0) is 18.4 Å². The first-order valence-electron chi connectivity index (χ1n) is 8.07. The van der Waals surface area contributed by atoms with E-state index < -0.39 is 11.9 Å². The summed E-state index contributed by atoms with van der Waals surface area (Å²) in [6, 6.07) is 9.34. The van der Waals surface area contributed by atoms with Gasteiger partial charge in [-0.25, -0.2) is 9.59 Å². The van der Waals surface area contributed by atoms with E-state index in [0.717, 1.165) is 12.0 Å². The van der Waals surface area contributed by atoms with Gasteiger partial charge in [0.15, 0.2) is 0 Å². The third kappa shape index (κ3) is 2.95. The first-order chi connectivity index (χ1) is 12.1. The Morgan fingerprint density at radius 1 is 1.04 bits per heavy atom. The number of esters is 2. The average Bonchev–Trinajstić information content (AvgIpc) is 3.13. The second-order valence-electron chi connectivity index (χ2n) is 5.88. The molecule has 130 valence electrons. The van der Waals surface area contributed by atoms with Crippen molar-refractivity contribution in [3.63, 3.8) is 0 Å². The number of methoxy groups -OCH3 is 2. The summed E-state index contributed by atoms with van der Waals surface area (Å²) in [6.07, 6.45) is 1.54. The van der Waals surface area contributed by atoms with Gasteiger partial charge in [-0.3, -0.25) is 4.79 Å². The number of aromatic nitrogens is 1. The summed E-state index contributed by atoms with van der Waals surface area (Å²) >= 11 is 0. The Hall–Kier alpha value is -2.89. The zero-order valence-corrected chi connectivity index (χ0v) is 14.2. The zero-order chi connectivity index (χ0) is 18.0. The lowest BCUT2D eigenvalue weighted by atomic mass is 9.95. The number of rotatable bonds is 4. The Morgan fingerprint density at radius 2 is 1.68 bits per heavy atom. The van der Waals surface area contributed by atoms with Crippen molar-refractivity contribution in [2.45, 2.75) is 25.8 Å². The number of benzene rings is 1. The van der Waals surface area contributed by atoms with Crippen LogP contribution in [0.4, 0.5) is 0 Å². The summed E-state index contributed by atoms with van der Waals surface area (Å²) in [6.45, 7) is 0.529. The number of hydrogen-bond acceptors (Lipinski definition) is 5. The lowest BCUT2D eigenvalue weighted by molar-refractivity contribution is 0.0552. The van der Waals surface area contributed by atoms with Crippen molar-refractivity contribution in [1.82, 2.24) is 4.57 Å². The van der Waals surface area contributed by atoms with Gasteiger partial charge in [0.2, 0.25) is 0 Å². The highest BCUT2D eigenvalue weighted by Gasteiger charge is 2.32. The number of nitrogens with zero attached hydrogens (tertiary/aromatic N) is 1. The summed E-state index contributed by atoms with van der Waals surface area (Å²) in [7, 11) is 2.50. The SMILES string of the molecule is COC(=O)c1c(C(=O)OC)c2n(c(=O)c1Cc1ccccc1)CCC2. The van der Waals surface area contributed by atoms with E-state index in [2.05, 4.69) is 0 Å². The normalized spacial score (nSPS) is 12.6. The van der Waals surface area contributed by atoms with Crippen molar-refractivity contribution in [2.75, 3.05) is 14.2 Å². The fourth-order valence-electron chi connectivity index (χ4n) is 3.34. The molecule has 0 saturated heterocycles. The fraction of sp³-hybridized carbons (Fsp3) is 0.316. The molecule has 2 aromatic rings. The van der Waals surface area contributed by atoms with Gasteiger partial charge in [-0.1, -0.05) is 30.3 Å². The predicted octanol–water partition coefficient (Wildman–Crippen LogP) is 1.96. The zero-order valence-electron chi connectivity index (χ0n) is 14.2. The molecule has 0 N–H and O–H groups in total. The predicted molar refractivity (Wildman–Crippen MR) is 91.0 cm³/mol. The quantitative estimate of drug-likeness (QED) is 0.795. The first kappa shape index (κ1) is 17.0. The van der Waals surface area contributed by atoms with Gasteiger partial charge in [0.25, 0.3) is 5.56 Å². The number of pyridine rings is 1. The maximum Gasteiger partial charge on any atom is 0.340 e. The molecule has 0 atom stereocenters. The van der Waals surface area contributed by atoms with Gasteiger partial charge >= 0.3 is 11.9 Å². The average molecular weight is 341 g/mol. The summed E-state index contributed by atoms with van der Waals surface area (Å²) in [4.78, 5) is 37.8. The monoisotopic (exact) mass is 341 g/mol. The van der Waals surface area contributed by atoms with E-state index >= 15 is 0 Å². The van der Waals surface area contributed by atoms with Crippen LogP contribution in [0.15, 0.2) is 35.1 Å². The molecule has 6 heteroatoms. The topological polar surface area (TPSA) is 74.6 Å². The molecule has 6 nitrogen and oxygen atoms in total. The summed E-state index contributed by atoms with van der Waals surface area (Å²) in [5, 5.41) is 0. The molecule has 1 aliphatic heterocycles. The van der Waals surface area contributed by atoms with E-state index in [1.54, 1.807) is 4.57 Å². The van der Waals surface area contributed by atoms with Crippen LogP contribution < -0.4 is 5.56 Å². The van der Waals surface area contributed by atoms with E-state index in [1.165, 1.54) is 14.2 Å². The number of ether oxygens (including phenoxy) is 2. The molecule has 1 aromatic heterocycles. The van der Waals surface area contributed by atoms with Crippen LogP contribution in [0, 0.1) is 0 Å². The van der Waals surface area contributed by atoms with Gasteiger partial charge < -0.3 is 14.0 Å². The summed E-state index contributed by atoms with van der Waals surface area (Å²) < 4.78 is 11.3. The first-order valence-corrected chi connectivity index (χ1v) is 8.07. The highest BCUT2D eigenvalue weighted by Crippen LogP contribution is 2.25. The van der Waals surface area contributed by atoms with E-state index in [9.17, 15) is 14.4 Å². The number of carbonyl (C=O) groups is 2. The number of fused-ring (bicyclic) bond motifs is 1. The molecule has 2 heterocycles. The Balaban J connectivity index is 2.30. The Morgan fingerprint density at radius 3 is 2.32 bits per heavy atom. The van der Waals surface area contributed by atoms with Crippen LogP contribution in [-0.4, -0.2) is 30.7 Å². The fourth-order valence-corrected chi connectivity index (χ4v) is 3.34. The Kier molecular flexibility index (Phi) is 4.70. The van der Waals surface area contributed by atoms with Crippen molar-refractivity contribution in [3.05, 3.63) is 68.6 Å². The molecule has 0 unspecified atom stereocenters. The van der Waals surface area contributed by atoms with Gasteiger partial charge in [0.05, 0.1) is 25.3 Å². The molecular formula is C19H19NO5. The van der Waals surface area contributed by atoms with E-state index in [0.29, 0.717) is 18.7 Å². The summed E-state index contributed by atoms with van der Waals surface area (Å²) in [5.74, 6) is -1.32. The van der Waals surface area contributed by atoms with Crippen LogP contribution in [0.2, 0.25) is 0 Å². The molecule has 0 spiro atoms. The van der Waals surface area contributed by atoms with Gasteiger partial charge in [0.1, 0.15) is 0 Å². The highest BCUT2D eigenvalue weighted by atomic mass is 16.5. The summed E-state index contributed by atoms with van der Waals surface area (Å²) in [5.41, 5.74) is 1.62. The second kappa shape index (κ2) is 6.93. The van der Waals surface area contributed by atoms with Gasteiger partial charge in [-0.15, -0.1) is 0 Å². The molecule has 1 aromatic carbocycles. The minimum Gasteiger partial charge on any atom is -0.465 e. The molecule has 0 fully saturated rings. The van der Waals surface area contributed by atoms with E-state index in [1.807, 2.05) is 30.3 Å². The largest absolute Gasteiger partial charge is 0.465 e. The smallest absolute Gasteiger partial charge is 0.340 e. The van der Waals surface area contributed by atoms with Gasteiger partial charge in [-0.2, -0.15) is 0 Å². The van der Waals surface area contributed by atoms with Crippen LogP contribution in [0.25, 0.3) is 0 Å². The third-order valence-corrected chi connectivity index (χ3v) is 4.47. The maximum absolute atomic E-state index is 13.0. The second-order valence-corrected chi connectivity index (χ2v) is 5.88. The molecule has 1 aliphatic rings. The minimum atomic E-state index is -0.696. The number of hydrogen-bond donors (Lipinski definition) is 0. The molecule has 3 rings (SSSR count). The molecule has 0 amide bonds. The maximum atomic E-state index is 13.0. The van der Waals surface area contributed by atoms with Crippen molar-refractivity contribution >= 4 is 11.9 Å². The van der Waals surface area contributed by atoms with Crippen LogP contribution in [0.1, 0.15) is 44.0 Å². The van der Waals surface area contributed by atoms with Gasteiger partial charge in [0, 0.05) is 24.2 Å². The van der Waals surface area contributed by atoms with Crippen LogP contribution >= 0.6 is 0 Å². The molecule has 0 aliphatic carbocycles. The lowest BCUT2D eigenvalue weighted by Crippen LogP contribution is -2.31. The molecule has 0 bridgehead atoms. The van der Waals surface area contributed by atoms with Crippen molar-refractivity contribution in [3.8, 4) is 0 Å². The number of carbonyl (C=O) groups excluding carboxylic acids is 2. The van der Waals surface area contributed by atoms with Crippen molar-refractivity contribution < 1.29 is 19.1 Å². The van der Waals surface area contributed by atoms with E-state index in [-0.39, 0.29) is 28.7 Å². The van der Waals surface area contributed by atoms with Crippen molar-refractivity contribution in [2.24, 2.45) is 0 Å². The van der Waals surface area contributed by atoms with Crippen LogP contribution in [-0.2, 0) is 28.9 Å².